The lowest BCUT2D eigenvalue weighted by Gasteiger charge is -2.07. The molecule has 0 saturated heterocycles. The van der Waals surface area contributed by atoms with Crippen LogP contribution in [0, 0.1) is 11.3 Å². The van der Waals surface area contributed by atoms with Crippen molar-refractivity contribution in [3.05, 3.63) is 23.3 Å². The third-order valence-corrected chi connectivity index (χ3v) is 2.30. The van der Waals surface area contributed by atoms with E-state index in [-0.39, 0.29) is 0 Å². The topological polar surface area (TPSA) is 23.8 Å². The molecule has 0 amide bonds. The van der Waals surface area contributed by atoms with Gasteiger partial charge < -0.3 is 0 Å². The highest BCUT2D eigenvalue weighted by molar-refractivity contribution is 5.23. The Balaban J connectivity index is 2.57. The molecule has 0 saturated carbocycles. The fraction of sp³-hybridized carbons (Fsp3) is 0.545. The van der Waals surface area contributed by atoms with Crippen LogP contribution in [0.2, 0.25) is 0 Å². The highest BCUT2D eigenvalue weighted by Gasteiger charge is 2.01. The Kier molecular flexibility index (Phi) is 3.60. The summed E-state index contributed by atoms with van der Waals surface area (Å²) in [5, 5.41) is 8.73. The van der Waals surface area contributed by atoms with E-state index in [1.165, 1.54) is 5.57 Å². The van der Waals surface area contributed by atoms with Crippen molar-refractivity contribution in [3.8, 4) is 6.07 Å². The van der Waals surface area contributed by atoms with Crippen molar-refractivity contribution in [2.75, 3.05) is 0 Å². The third-order valence-electron chi connectivity index (χ3n) is 2.30. The van der Waals surface area contributed by atoms with Crippen LogP contribution in [-0.4, -0.2) is 0 Å². The molecule has 0 aromatic carbocycles. The molecule has 0 atom stereocenters. The molecule has 0 unspecified atom stereocenters. The summed E-state index contributed by atoms with van der Waals surface area (Å²) < 4.78 is 0. The van der Waals surface area contributed by atoms with Crippen LogP contribution < -0.4 is 0 Å². The Hall–Kier alpha value is -1.03. The fourth-order valence-corrected chi connectivity index (χ4v) is 1.47. The molecule has 0 aromatic heterocycles. The Morgan fingerprint density at radius 3 is 2.75 bits per heavy atom. The van der Waals surface area contributed by atoms with Gasteiger partial charge in [-0.2, -0.15) is 5.26 Å². The Morgan fingerprint density at radius 2 is 2.08 bits per heavy atom. The van der Waals surface area contributed by atoms with Crippen molar-refractivity contribution in [1.29, 1.82) is 5.26 Å². The molecule has 0 aliphatic heterocycles. The van der Waals surface area contributed by atoms with Crippen LogP contribution >= 0.6 is 0 Å². The third kappa shape index (κ3) is 2.54. The molecule has 0 N–H and O–H groups in total. The molecular formula is C11H15N. The first kappa shape index (κ1) is 9.06. The second kappa shape index (κ2) is 4.77. The zero-order valence-electron chi connectivity index (χ0n) is 7.64. The molecule has 0 spiro atoms. The molecule has 1 heteroatoms. The van der Waals surface area contributed by atoms with Gasteiger partial charge in [0.15, 0.2) is 0 Å². The first-order valence-corrected chi connectivity index (χ1v) is 4.64. The van der Waals surface area contributed by atoms with Gasteiger partial charge in [-0.15, -0.1) is 0 Å². The average Bonchev–Trinajstić information content (AvgIpc) is 2.05. The summed E-state index contributed by atoms with van der Waals surface area (Å²) in [5.74, 6) is 0. The summed E-state index contributed by atoms with van der Waals surface area (Å²) in [4.78, 5) is 0. The van der Waals surface area contributed by atoms with Crippen LogP contribution in [-0.2, 0) is 0 Å². The Morgan fingerprint density at radius 1 is 1.33 bits per heavy atom. The molecule has 0 heterocycles. The zero-order chi connectivity index (χ0) is 8.81. The number of rotatable bonds is 1. The maximum absolute atomic E-state index is 8.73. The van der Waals surface area contributed by atoms with Gasteiger partial charge in [-0.05, 0) is 32.1 Å². The molecule has 64 valence electrons. The predicted molar refractivity (Wildman–Crippen MR) is 50.5 cm³/mol. The smallest absolute Gasteiger partial charge is 0.0943 e. The first-order valence-electron chi connectivity index (χ1n) is 4.64. The molecule has 0 radical (unpaired) electrons. The molecular weight excluding hydrogens is 146 g/mol. The SMILES string of the molecule is CC/C1=C/CC/C=C(/C#N)CC1. The van der Waals surface area contributed by atoms with E-state index in [2.05, 4.69) is 25.1 Å². The van der Waals surface area contributed by atoms with E-state index in [4.69, 9.17) is 5.26 Å². The molecule has 12 heavy (non-hydrogen) atoms. The first-order chi connectivity index (χ1) is 5.86. The van der Waals surface area contributed by atoms with Gasteiger partial charge in [0, 0.05) is 5.57 Å². The van der Waals surface area contributed by atoms with E-state index in [1.54, 1.807) is 0 Å². The van der Waals surface area contributed by atoms with Crippen LogP contribution in [0.3, 0.4) is 0 Å². The van der Waals surface area contributed by atoms with Gasteiger partial charge in [0.25, 0.3) is 0 Å². The number of nitrogens with zero attached hydrogens (tertiary/aromatic N) is 1. The van der Waals surface area contributed by atoms with Gasteiger partial charge in [-0.1, -0.05) is 24.6 Å². The van der Waals surface area contributed by atoms with Gasteiger partial charge in [-0.3, -0.25) is 0 Å². The maximum Gasteiger partial charge on any atom is 0.0943 e. The van der Waals surface area contributed by atoms with E-state index in [0.29, 0.717) is 0 Å². The summed E-state index contributed by atoms with van der Waals surface area (Å²) in [6, 6.07) is 2.25. The van der Waals surface area contributed by atoms with Gasteiger partial charge in [-0.25, -0.2) is 0 Å². The molecule has 1 aliphatic carbocycles. The lowest BCUT2D eigenvalue weighted by molar-refractivity contribution is 0.845. The minimum Gasteiger partial charge on any atom is -0.193 e. The lowest BCUT2D eigenvalue weighted by atomic mass is 9.98. The quantitative estimate of drug-likeness (QED) is 0.541. The summed E-state index contributed by atoms with van der Waals surface area (Å²) in [5.41, 5.74) is 2.48. The Bertz CT molecular complexity index is 240. The molecule has 0 aromatic rings. The van der Waals surface area contributed by atoms with Crippen molar-refractivity contribution in [2.45, 2.75) is 39.0 Å². The van der Waals surface area contributed by atoms with Gasteiger partial charge in [0.2, 0.25) is 0 Å². The van der Waals surface area contributed by atoms with Crippen LogP contribution in [0.1, 0.15) is 39.0 Å². The van der Waals surface area contributed by atoms with Crippen LogP contribution in [0.5, 0.6) is 0 Å². The zero-order valence-corrected chi connectivity index (χ0v) is 7.64. The fourth-order valence-electron chi connectivity index (χ4n) is 1.47. The minimum atomic E-state index is 0.941. The number of allylic oxidation sites excluding steroid dienone is 4. The van der Waals surface area contributed by atoms with E-state index < -0.39 is 0 Å². The molecule has 1 aliphatic rings. The molecule has 0 fully saturated rings. The molecule has 1 nitrogen and oxygen atoms in total. The average molecular weight is 161 g/mol. The highest BCUT2D eigenvalue weighted by atomic mass is 14.2. The molecule has 1 rings (SSSR count). The summed E-state index contributed by atoms with van der Waals surface area (Å²) >= 11 is 0. The van der Waals surface area contributed by atoms with E-state index in [1.807, 2.05) is 0 Å². The number of hydrogen-bond acceptors (Lipinski definition) is 1. The number of nitriles is 1. The van der Waals surface area contributed by atoms with Crippen LogP contribution in [0.25, 0.3) is 0 Å². The molecule has 0 bridgehead atoms. The second-order valence-electron chi connectivity index (χ2n) is 3.13. The van der Waals surface area contributed by atoms with Crippen molar-refractivity contribution in [2.24, 2.45) is 0 Å². The van der Waals surface area contributed by atoms with Crippen molar-refractivity contribution in [3.63, 3.8) is 0 Å². The number of hydrogen-bond donors (Lipinski definition) is 0. The van der Waals surface area contributed by atoms with E-state index in [9.17, 15) is 0 Å². The van der Waals surface area contributed by atoms with Crippen molar-refractivity contribution < 1.29 is 0 Å². The minimum absolute atomic E-state index is 0.941. The largest absolute Gasteiger partial charge is 0.193 e. The second-order valence-corrected chi connectivity index (χ2v) is 3.13. The highest BCUT2D eigenvalue weighted by Crippen LogP contribution is 2.18. The summed E-state index contributed by atoms with van der Waals surface area (Å²) in [7, 11) is 0. The standard InChI is InChI=1S/C11H15N/c1-2-10-5-3-4-6-11(9-12)8-7-10/h5-6H,2-4,7-8H2,1H3/b10-5-,11-6+. The maximum atomic E-state index is 8.73. The predicted octanol–water partition coefficient (Wildman–Crippen LogP) is 3.35. The van der Waals surface area contributed by atoms with Crippen LogP contribution in [0.15, 0.2) is 23.3 Å². The van der Waals surface area contributed by atoms with Crippen molar-refractivity contribution in [1.82, 2.24) is 0 Å². The van der Waals surface area contributed by atoms with E-state index in [0.717, 1.165) is 37.7 Å². The van der Waals surface area contributed by atoms with Crippen molar-refractivity contribution >= 4 is 0 Å². The summed E-state index contributed by atoms with van der Waals surface area (Å²) in [6.45, 7) is 2.18. The Labute approximate surface area is 74.4 Å². The van der Waals surface area contributed by atoms with E-state index >= 15 is 0 Å². The van der Waals surface area contributed by atoms with Crippen LogP contribution in [0.4, 0.5) is 0 Å². The monoisotopic (exact) mass is 161 g/mol. The van der Waals surface area contributed by atoms with Gasteiger partial charge >= 0.3 is 0 Å². The van der Waals surface area contributed by atoms with Gasteiger partial charge in [0.1, 0.15) is 0 Å². The summed E-state index contributed by atoms with van der Waals surface area (Å²) in [6.07, 6.45) is 9.69. The normalized spacial score (nSPS) is 27.0. The van der Waals surface area contributed by atoms with Gasteiger partial charge in [0.05, 0.1) is 6.07 Å². The lowest BCUT2D eigenvalue weighted by Crippen LogP contribution is -1.89.